The molecule has 0 heterocycles. The molecule has 0 aliphatic rings. The average molecular weight is 542 g/mol. The Bertz CT molecular complexity index is 1260. The summed E-state index contributed by atoms with van der Waals surface area (Å²) < 4.78 is 27.0. The van der Waals surface area contributed by atoms with Crippen LogP contribution in [0.3, 0.4) is 0 Å². The molecule has 3 aromatic rings. The van der Waals surface area contributed by atoms with Gasteiger partial charge in [-0.05, 0) is 54.4 Å². The van der Waals surface area contributed by atoms with E-state index in [-0.39, 0.29) is 41.9 Å². The highest BCUT2D eigenvalue weighted by atomic mass is 35.5. The molecule has 0 radical (unpaired) electrons. The lowest BCUT2D eigenvalue weighted by molar-refractivity contribution is -0.143. The first-order valence-corrected chi connectivity index (χ1v) is 12.1. The average Bonchev–Trinajstić information content (AvgIpc) is 2.94. The van der Waals surface area contributed by atoms with Gasteiger partial charge >= 0.3 is 5.97 Å². The molecule has 1 amide bonds. The third-order valence-corrected chi connectivity index (χ3v) is 5.68. The Morgan fingerprint density at radius 1 is 0.789 bits per heavy atom. The lowest BCUT2D eigenvalue weighted by Gasteiger charge is -2.16. The van der Waals surface area contributed by atoms with Crippen LogP contribution in [0.1, 0.15) is 28.4 Å². The van der Waals surface area contributed by atoms with Crippen LogP contribution in [0.4, 0.5) is 0 Å². The Morgan fingerprint density at radius 2 is 1.34 bits per heavy atom. The molecule has 0 atom stereocenters. The molecule has 0 fully saturated rings. The second-order valence-electron chi connectivity index (χ2n) is 7.84. The third kappa shape index (κ3) is 7.63. The van der Waals surface area contributed by atoms with Crippen molar-refractivity contribution in [3.8, 4) is 23.0 Å². The fourth-order valence-corrected chi connectivity index (χ4v) is 3.59. The van der Waals surface area contributed by atoms with E-state index in [0.717, 1.165) is 11.1 Å². The number of carbonyl (C=O) groups excluding carboxylic acids is 3. The molecule has 3 rings (SSSR count). The number of Topliss-reactive ketones (excluding diaryl/α,β-unsaturated/α-hetero) is 1. The number of amides is 1. The fourth-order valence-electron chi connectivity index (χ4n) is 3.29. The summed E-state index contributed by atoms with van der Waals surface area (Å²) in [6.45, 7) is 1.64. The zero-order valence-electron chi connectivity index (χ0n) is 21.2. The van der Waals surface area contributed by atoms with Gasteiger partial charge in [-0.1, -0.05) is 35.9 Å². The van der Waals surface area contributed by atoms with Crippen molar-refractivity contribution in [2.45, 2.75) is 20.1 Å². The van der Waals surface area contributed by atoms with E-state index in [9.17, 15) is 14.4 Å². The summed E-state index contributed by atoms with van der Waals surface area (Å²) in [5.74, 6) is -0.822. The summed E-state index contributed by atoms with van der Waals surface area (Å²) >= 11 is 6.57. The zero-order chi connectivity index (χ0) is 27.5. The van der Waals surface area contributed by atoms with Crippen LogP contribution < -0.4 is 24.3 Å². The first-order chi connectivity index (χ1) is 18.4. The van der Waals surface area contributed by atoms with Crippen LogP contribution in [-0.4, -0.2) is 45.0 Å². The number of hydrogen-bond acceptors (Lipinski definition) is 8. The molecule has 3 aromatic carbocycles. The Balaban J connectivity index is 1.83. The van der Waals surface area contributed by atoms with Gasteiger partial charge in [0.1, 0.15) is 31.3 Å². The molecule has 0 spiro atoms. The third-order valence-electron chi connectivity index (χ3n) is 5.31. The lowest BCUT2D eigenvalue weighted by atomic mass is 10.1. The van der Waals surface area contributed by atoms with Crippen molar-refractivity contribution in [2.75, 3.05) is 27.4 Å². The van der Waals surface area contributed by atoms with Gasteiger partial charge in [0.25, 0.3) is 11.7 Å². The maximum atomic E-state index is 12.8. The van der Waals surface area contributed by atoms with Crippen LogP contribution in [0, 0.1) is 0 Å². The quantitative estimate of drug-likeness (QED) is 0.193. The van der Waals surface area contributed by atoms with E-state index in [2.05, 4.69) is 5.32 Å². The minimum Gasteiger partial charge on any atom is -0.497 e. The van der Waals surface area contributed by atoms with Gasteiger partial charge in [-0.3, -0.25) is 14.4 Å². The summed E-state index contributed by atoms with van der Waals surface area (Å²) in [6, 6.07) is 17.4. The number of esters is 1. The highest BCUT2D eigenvalue weighted by molar-refractivity contribution is 6.47. The Hall–Kier alpha value is -4.24. The van der Waals surface area contributed by atoms with Crippen LogP contribution in [0.25, 0.3) is 0 Å². The first-order valence-electron chi connectivity index (χ1n) is 11.7. The van der Waals surface area contributed by atoms with Gasteiger partial charge in [-0.15, -0.1) is 0 Å². The summed E-state index contributed by atoms with van der Waals surface area (Å²) in [6.07, 6.45) is 0. The second kappa shape index (κ2) is 13.9. The van der Waals surface area contributed by atoms with E-state index in [1.807, 2.05) is 36.4 Å². The van der Waals surface area contributed by atoms with Crippen molar-refractivity contribution in [1.29, 1.82) is 0 Å². The Kier molecular flexibility index (Phi) is 10.4. The highest BCUT2D eigenvalue weighted by Crippen LogP contribution is 2.39. The number of ketones is 1. The van der Waals surface area contributed by atoms with Crippen molar-refractivity contribution in [1.82, 2.24) is 5.32 Å². The molecular weight excluding hydrogens is 514 g/mol. The van der Waals surface area contributed by atoms with Crippen molar-refractivity contribution in [2.24, 2.45) is 0 Å². The number of ether oxygens (including phenoxy) is 5. The number of benzene rings is 3. The molecule has 0 aromatic heterocycles. The molecule has 0 aliphatic carbocycles. The van der Waals surface area contributed by atoms with E-state index in [4.69, 9.17) is 35.3 Å². The number of nitrogens with one attached hydrogen (secondary N) is 1. The number of hydrogen-bond donors (Lipinski definition) is 1. The smallest absolute Gasteiger partial charge is 0.325 e. The maximum Gasteiger partial charge on any atom is 0.325 e. The van der Waals surface area contributed by atoms with Gasteiger partial charge in [-0.25, -0.2) is 0 Å². The van der Waals surface area contributed by atoms with Crippen LogP contribution in [0.5, 0.6) is 23.0 Å². The molecular formula is C28H28ClNO8. The molecule has 200 valence electrons. The summed E-state index contributed by atoms with van der Waals surface area (Å²) in [4.78, 5) is 36.7. The van der Waals surface area contributed by atoms with Crippen molar-refractivity contribution in [3.63, 3.8) is 0 Å². The topological polar surface area (TPSA) is 109 Å². The number of methoxy groups -OCH3 is 2. The number of carbonyl (C=O) groups is 3. The minimum absolute atomic E-state index is 0.0953. The molecule has 0 saturated heterocycles. The van der Waals surface area contributed by atoms with Gasteiger partial charge in [0.05, 0.1) is 31.4 Å². The molecule has 38 heavy (non-hydrogen) atoms. The van der Waals surface area contributed by atoms with Crippen LogP contribution in [-0.2, 0) is 27.5 Å². The maximum absolute atomic E-state index is 12.8. The minimum atomic E-state index is -1.01. The zero-order valence-corrected chi connectivity index (χ0v) is 22.0. The van der Waals surface area contributed by atoms with Crippen molar-refractivity contribution >= 4 is 29.3 Å². The fraction of sp³-hybridized carbons (Fsp3) is 0.250. The SMILES string of the molecule is CCOC(=O)CNC(=O)C(=O)c1ccc(OCc2ccc(OC)cc2)c(OCc2ccc(OC)cc2)c1Cl. The van der Waals surface area contributed by atoms with Crippen molar-refractivity contribution in [3.05, 3.63) is 82.4 Å². The van der Waals surface area contributed by atoms with Gasteiger partial charge in [0.2, 0.25) is 0 Å². The predicted molar refractivity (Wildman–Crippen MR) is 140 cm³/mol. The molecule has 1 N–H and O–H groups in total. The second-order valence-corrected chi connectivity index (χ2v) is 8.22. The summed E-state index contributed by atoms with van der Waals surface area (Å²) in [5, 5.41) is 2.14. The molecule has 0 aliphatic heterocycles. The normalized spacial score (nSPS) is 10.3. The highest BCUT2D eigenvalue weighted by Gasteiger charge is 2.24. The van der Waals surface area contributed by atoms with Crippen LogP contribution >= 0.6 is 11.6 Å². The van der Waals surface area contributed by atoms with Gasteiger partial charge in [-0.2, -0.15) is 0 Å². The van der Waals surface area contributed by atoms with Gasteiger partial charge in [0, 0.05) is 0 Å². The first kappa shape index (κ1) is 28.3. The summed E-state index contributed by atoms with van der Waals surface area (Å²) in [5.41, 5.74) is 1.57. The van der Waals surface area contributed by atoms with Gasteiger partial charge < -0.3 is 29.0 Å². The largest absolute Gasteiger partial charge is 0.497 e. The Labute approximate surface area is 225 Å². The molecule has 10 heteroatoms. The molecule has 0 bridgehead atoms. The van der Waals surface area contributed by atoms with E-state index in [1.54, 1.807) is 33.3 Å². The number of halogens is 1. The van der Waals surface area contributed by atoms with Crippen LogP contribution in [0.2, 0.25) is 5.02 Å². The van der Waals surface area contributed by atoms with Gasteiger partial charge in [0.15, 0.2) is 11.5 Å². The van der Waals surface area contributed by atoms with Crippen LogP contribution in [0.15, 0.2) is 60.7 Å². The standard InChI is InChI=1S/C28H28ClNO8/c1-4-36-24(31)15-30-28(33)26(32)22-13-14-23(37-16-18-5-9-20(34-2)10-6-18)27(25(22)29)38-17-19-7-11-21(35-3)12-8-19/h5-14H,4,15-17H2,1-3H3,(H,30,33). The lowest BCUT2D eigenvalue weighted by Crippen LogP contribution is -2.35. The number of rotatable bonds is 13. The Morgan fingerprint density at radius 3 is 1.87 bits per heavy atom. The van der Waals surface area contributed by atoms with E-state index in [1.165, 1.54) is 12.1 Å². The molecule has 0 unspecified atom stereocenters. The monoisotopic (exact) mass is 541 g/mol. The molecule has 0 saturated carbocycles. The molecule has 9 nitrogen and oxygen atoms in total. The van der Waals surface area contributed by atoms with E-state index >= 15 is 0 Å². The van der Waals surface area contributed by atoms with E-state index < -0.39 is 24.2 Å². The predicted octanol–water partition coefficient (Wildman–Crippen LogP) is 4.38. The van der Waals surface area contributed by atoms with Crippen molar-refractivity contribution < 1.29 is 38.1 Å². The van der Waals surface area contributed by atoms with E-state index in [0.29, 0.717) is 11.5 Å². The summed E-state index contributed by atoms with van der Waals surface area (Å²) in [7, 11) is 3.16.